The fraction of sp³-hybridized carbons (Fsp3) is 0.214. The van der Waals surface area contributed by atoms with Gasteiger partial charge in [-0.15, -0.1) is 0 Å². The highest BCUT2D eigenvalue weighted by atomic mass is 16.3. The van der Waals surface area contributed by atoms with Crippen LogP contribution in [0, 0.1) is 0 Å². The first-order chi connectivity index (χ1) is 17.6. The van der Waals surface area contributed by atoms with Crippen molar-refractivity contribution in [1.29, 1.82) is 0 Å². The second-order valence-corrected chi connectivity index (χ2v) is 8.93. The number of carbonyl (C=O) groups is 1. The van der Waals surface area contributed by atoms with Crippen LogP contribution in [0.15, 0.2) is 89.9 Å². The Hall–Kier alpha value is -4.30. The van der Waals surface area contributed by atoms with Gasteiger partial charge in [-0.2, -0.15) is 5.10 Å². The minimum atomic E-state index is -0.162. The number of hydrogen-bond donors (Lipinski definition) is 1. The molecule has 0 saturated carbocycles. The first-order valence-electron chi connectivity index (χ1n) is 11.9. The quantitative estimate of drug-likeness (QED) is 0.343. The summed E-state index contributed by atoms with van der Waals surface area (Å²) in [6.07, 6.45) is 7.61. The lowest BCUT2D eigenvalue weighted by atomic mass is 10.0. The molecule has 0 spiro atoms. The van der Waals surface area contributed by atoms with Crippen molar-refractivity contribution in [2.45, 2.75) is 19.0 Å². The highest BCUT2D eigenvalue weighted by Gasteiger charge is 2.20. The van der Waals surface area contributed by atoms with Crippen molar-refractivity contribution >= 4 is 16.9 Å². The molecule has 1 N–H and O–H groups in total. The number of pyridine rings is 2. The number of nitrogens with zero attached hydrogens (tertiary/aromatic N) is 5. The number of nitrogens with one attached hydrogen (secondary N) is 1. The molecule has 1 aromatic carbocycles. The van der Waals surface area contributed by atoms with Crippen molar-refractivity contribution in [3.05, 3.63) is 102 Å². The second kappa shape index (κ2) is 10.5. The van der Waals surface area contributed by atoms with Gasteiger partial charge in [0.05, 0.1) is 29.1 Å². The summed E-state index contributed by atoms with van der Waals surface area (Å²) in [6, 6.07) is 19.8. The molecule has 0 aliphatic heterocycles. The molecule has 0 saturated heterocycles. The van der Waals surface area contributed by atoms with Gasteiger partial charge in [-0.3, -0.25) is 9.78 Å². The zero-order chi connectivity index (χ0) is 24.9. The summed E-state index contributed by atoms with van der Waals surface area (Å²) in [4.78, 5) is 24.7. The lowest BCUT2D eigenvalue weighted by Crippen LogP contribution is -2.41. The van der Waals surface area contributed by atoms with Gasteiger partial charge in [-0.05, 0) is 56.4 Å². The largest absolute Gasteiger partial charge is 0.467 e. The monoisotopic (exact) mass is 480 g/mol. The van der Waals surface area contributed by atoms with Gasteiger partial charge in [0.15, 0.2) is 5.65 Å². The Balaban J connectivity index is 1.45. The Bertz CT molecular complexity index is 1430. The number of fused-ring (bicyclic) bond motifs is 1. The molecular weight excluding hydrogens is 452 g/mol. The molecule has 4 heterocycles. The van der Waals surface area contributed by atoms with E-state index in [9.17, 15) is 4.79 Å². The van der Waals surface area contributed by atoms with E-state index in [1.807, 2.05) is 62.6 Å². The average Bonchev–Trinajstić information content (AvgIpc) is 3.57. The molecule has 1 unspecified atom stereocenters. The van der Waals surface area contributed by atoms with Crippen molar-refractivity contribution in [2.24, 2.45) is 0 Å². The fourth-order valence-corrected chi connectivity index (χ4v) is 4.19. The van der Waals surface area contributed by atoms with Crippen molar-refractivity contribution in [2.75, 3.05) is 20.6 Å². The van der Waals surface area contributed by atoms with E-state index in [4.69, 9.17) is 9.40 Å². The third kappa shape index (κ3) is 5.18. The Labute approximate surface area is 209 Å². The predicted octanol–water partition coefficient (Wildman–Crippen LogP) is 4.04. The lowest BCUT2D eigenvalue weighted by Gasteiger charge is -2.25. The summed E-state index contributed by atoms with van der Waals surface area (Å²) in [5.41, 5.74) is 3.87. The highest BCUT2D eigenvalue weighted by molar-refractivity contribution is 6.06. The third-order valence-electron chi connectivity index (χ3n) is 6.24. The zero-order valence-corrected chi connectivity index (χ0v) is 20.3. The minimum Gasteiger partial charge on any atom is -0.467 e. The number of rotatable bonds is 9. The summed E-state index contributed by atoms with van der Waals surface area (Å²) in [5.74, 6) is 0.597. The van der Waals surface area contributed by atoms with Crippen LogP contribution in [0.2, 0.25) is 0 Å². The third-order valence-corrected chi connectivity index (χ3v) is 6.24. The molecule has 5 aromatic rings. The smallest absolute Gasteiger partial charge is 0.252 e. The summed E-state index contributed by atoms with van der Waals surface area (Å²) in [6.45, 7) is 0.925. The molecule has 0 bridgehead atoms. The summed E-state index contributed by atoms with van der Waals surface area (Å²) in [5, 5.41) is 8.36. The van der Waals surface area contributed by atoms with E-state index in [1.54, 1.807) is 29.5 Å². The van der Waals surface area contributed by atoms with E-state index in [0.717, 1.165) is 17.7 Å². The van der Waals surface area contributed by atoms with Crippen LogP contribution in [-0.2, 0) is 13.0 Å². The van der Waals surface area contributed by atoms with Crippen molar-refractivity contribution in [1.82, 2.24) is 30.0 Å². The van der Waals surface area contributed by atoms with Crippen LogP contribution < -0.4 is 5.32 Å². The molecule has 4 aromatic heterocycles. The maximum Gasteiger partial charge on any atom is 0.252 e. The Morgan fingerprint density at radius 3 is 2.67 bits per heavy atom. The topological polar surface area (TPSA) is 89.1 Å². The molecule has 0 fully saturated rings. The molecule has 0 radical (unpaired) electrons. The number of carbonyl (C=O) groups excluding carboxylic acids is 1. The van der Waals surface area contributed by atoms with Crippen LogP contribution in [0.5, 0.6) is 0 Å². The number of aromatic nitrogens is 4. The van der Waals surface area contributed by atoms with E-state index in [1.165, 1.54) is 5.56 Å². The molecule has 1 amide bonds. The molecular formula is C28H28N6O2. The van der Waals surface area contributed by atoms with Gasteiger partial charge in [0.1, 0.15) is 12.3 Å². The lowest BCUT2D eigenvalue weighted by molar-refractivity contribution is 0.0943. The van der Waals surface area contributed by atoms with Gasteiger partial charge < -0.3 is 14.6 Å². The highest BCUT2D eigenvalue weighted by Crippen LogP contribution is 2.25. The minimum absolute atomic E-state index is 0.146. The Morgan fingerprint density at radius 2 is 1.94 bits per heavy atom. The zero-order valence-electron chi connectivity index (χ0n) is 20.3. The second-order valence-electron chi connectivity index (χ2n) is 8.93. The van der Waals surface area contributed by atoms with Crippen LogP contribution in [0.3, 0.4) is 0 Å². The standard InChI is InChI=1S/C28H28N6O2/c1-33(2)22(14-20-8-4-3-5-9-20)17-30-28(35)24-15-26(21-10-6-12-29-16-21)32-27-25(24)18-31-34(27)19-23-11-7-13-36-23/h3-13,15-16,18,22H,14,17,19H2,1-2H3,(H,30,35). The molecule has 36 heavy (non-hydrogen) atoms. The van der Waals surface area contributed by atoms with E-state index in [2.05, 4.69) is 32.4 Å². The Kier molecular flexibility index (Phi) is 6.86. The molecule has 182 valence electrons. The summed E-state index contributed by atoms with van der Waals surface area (Å²) in [7, 11) is 4.06. The van der Waals surface area contributed by atoms with E-state index in [0.29, 0.717) is 35.4 Å². The van der Waals surface area contributed by atoms with Gasteiger partial charge in [0, 0.05) is 30.5 Å². The van der Waals surface area contributed by atoms with E-state index in [-0.39, 0.29) is 11.9 Å². The molecule has 5 rings (SSSR count). The molecule has 8 nitrogen and oxygen atoms in total. The summed E-state index contributed by atoms with van der Waals surface area (Å²) < 4.78 is 7.25. The maximum absolute atomic E-state index is 13.5. The van der Waals surface area contributed by atoms with Crippen molar-refractivity contribution < 1.29 is 9.21 Å². The van der Waals surface area contributed by atoms with Gasteiger partial charge in [-0.25, -0.2) is 9.67 Å². The molecule has 0 aliphatic rings. The fourth-order valence-electron chi connectivity index (χ4n) is 4.19. The normalized spacial score (nSPS) is 12.2. The number of hydrogen-bond acceptors (Lipinski definition) is 6. The predicted molar refractivity (Wildman–Crippen MR) is 139 cm³/mol. The van der Waals surface area contributed by atoms with Gasteiger partial charge in [0.25, 0.3) is 5.91 Å². The number of furan rings is 1. The summed E-state index contributed by atoms with van der Waals surface area (Å²) >= 11 is 0. The SMILES string of the molecule is CN(C)C(CNC(=O)c1cc(-c2cccnc2)nc2c1cnn2Cc1ccco1)Cc1ccccc1. The van der Waals surface area contributed by atoms with Crippen LogP contribution in [0.25, 0.3) is 22.3 Å². The number of benzene rings is 1. The van der Waals surface area contributed by atoms with E-state index < -0.39 is 0 Å². The van der Waals surface area contributed by atoms with Crippen LogP contribution in [0.1, 0.15) is 21.7 Å². The first-order valence-corrected chi connectivity index (χ1v) is 11.9. The first kappa shape index (κ1) is 23.4. The van der Waals surface area contributed by atoms with Crippen LogP contribution in [0.4, 0.5) is 0 Å². The van der Waals surface area contributed by atoms with Gasteiger partial charge in [-0.1, -0.05) is 30.3 Å². The average molecular weight is 481 g/mol. The molecule has 1 atom stereocenters. The Morgan fingerprint density at radius 1 is 1.08 bits per heavy atom. The van der Waals surface area contributed by atoms with Crippen molar-refractivity contribution in [3.8, 4) is 11.3 Å². The molecule has 0 aliphatic carbocycles. The van der Waals surface area contributed by atoms with Gasteiger partial charge >= 0.3 is 0 Å². The van der Waals surface area contributed by atoms with Crippen LogP contribution in [-0.4, -0.2) is 57.2 Å². The number of likely N-dealkylation sites (N-methyl/N-ethyl adjacent to an activating group) is 1. The maximum atomic E-state index is 13.5. The molecule has 8 heteroatoms. The van der Waals surface area contributed by atoms with Crippen molar-refractivity contribution in [3.63, 3.8) is 0 Å². The van der Waals surface area contributed by atoms with Gasteiger partial charge in [0.2, 0.25) is 0 Å². The van der Waals surface area contributed by atoms with Crippen LogP contribution >= 0.6 is 0 Å². The van der Waals surface area contributed by atoms with E-state index >= 15 is 0 Å². The number of amides is 1.